The van der Waals surface area contributed by atoms with Crippen LogP contribution < -0.4 is 11.1 Å². The summed E-state index contributed by atoms with van der Waals surface area (Å²) in [6, 6.07) is 11.3. The molecule has 5 rings (SSSR count). The van der Waals surface area contributed by atoms with E-state index in [1.165, 1.54) is 18.1 Å². The first kappa shape index (κ1) is 30.3. The highest BCUT2D eigenvalue weighted by atomic mass is 79.9. The maximum atomic E-state index is 13.2. The van der Waals surface area contributed by atoms with Crippen molar-refractivity contribution in [2.45, 2.75) is 69.2 Å². The van der Waals surface area contributed by atoms with Gasteiger partial charge in [0, 0.05) is 30.6 Å². The smallest absolute Gasteiger partial charge is 0.161 e. The van der Waals surface area contributed by atoms with Crippen LogP contribution in [0.1, 0.15) is 54.9 Å². The van der Waals surface area contributed by atoms with Crippen LogP contribution in [0.2, 0.25) is 0 Å². The monoisotopic (exact) mass is 643 g/mol. The normalized spacial score (nSPS) is 26.5. The zero-order valence-electron chi connectivity index (χ0n) is 21.2. The van der Waals surface area contributed by atoms with Gasteiger partial charge < -0.3 is 30.9 Å². The van der Waals surface area contributed by atoms with E-state index in [0.717, 1.165) is 62.9 Å². The predicted molar refractivity (Wildman–Crippen MR) is 155 cm³/mol. The number of fused-ring (bicyclic) bond motifs is 1. The third-order valence-corrected chi connectivity index (χ3v) is 8.38. The average Bonchev–Trinajstić information content (AvgIpc) is 2.90. The molecule has 0 amide bonds. The molecule has 4 atom stereocenters. The Labute approximate surface area is 240 Å². The van der Waals surface area contributed by atoms with Crippen molar-refractivity contribution in [3.05, 3.63) is 58.9 Å². The fourth-order valence-corrected chi connectivity index (χ4v) is 6.33. The van der Waals surface area contributed by atoms with Crippen molar-refractivity contribution in [1.82, 2.24) is 10.2 Å². The summed E-state index contributed by atoms with van der Waals surface area (Å²) in [4.78, 5) is 2.66. The van der Waals surface area contributed by atoms with Gasteiger partial charge in [0.15, 0.2) is 11.5 Å². The number of rotatable bonds is 6. The van der Waals surface area contributed by atoms with Crippen molar-refractivity contribution < 1.29 is 19.3 Å². The lowest BCUT2D eigenvalue weighted by Gasteiger charge is -2.44. The van der Waals surface area contributed by atoms with E-state index >= 15 is 0 Å². The van der Waals surface area contributed by atoms with Crippen molar-refractivity contribution in [1.29, 1.82) is 0 Å². The number of piperidine rings is 2. The van der Waals surface area contributed by atoms with Crippen LogP contribution in [0.5, 0.6) is 11.5 Å². The quantitative estimate of drug-likeness (QED) is 0.338. The number of nitrogens with zero attached hydrogens (tertiary/aromatic N) is 1. The van der Waals surface area contributed by atoms with E-state index in [2.05, 4.69) is 10.2 Å². The molecule has 5 N–H and O–H groups in total. The van der Waals surface area contributed by atoms with Gasteiger partial charge in [-0.25, -0.2) is 4.39 Å². The van der Waals surface area contributed by atoms with Crippen molar-refractivity contribution in [2.24, 2.45) is 11.7 Å². The molecule has 0 bridgehead atoms. The number of ether oxygens (including phenoxy) is 1. The van der Waals surface area contributed by atoms with Crippen LogP contribution in [-0.2, 0) is 17.6 Å². The molecule has 2 unspecified atom stereocenters. The minimum absolute atomic E-state index is 0. The van der Waals surface area contributed by atoms with Gasteiger partial charge in [-0.15, -0.1) is 34.0 Å². The molecular formula is C28H40Br2FN3O3. The van der Waals surface area contributed by atoms with Gasteiger partial charge >= 0.3 is 0 Å². The van der Waals surface area contributed by atoms with Gasteiger partial charge in [-0.1, -0.05) is 18.2 Å². The summed E-state index contributed by atoms with van der Waals surface area (Å²) in [7, 11) is 0. The second-order valence-corrected chi connectivity index (χ2v) is 10.5. The largest absolute Gasteiger partial charge is 0.504 e. The molecule has 6 nitrogen and oxygen atoms in total. The predicted octanol–water partition coefficient (Wildman–Crippen LogP) is 4.80. The van der Waals surface area contributed by atoms with Crippen LogP contribution in [-0.4, -0.2) is 59.5 Å². The maximum Gasteiger partial charge on any atom is 0.161 e. The topological polar surface area (TPSA) is 91.0 Å². The molecule has 2 aromatic carbocycles. The molecule has 2 fully saturated rings. The molecule has 3 aliphatic heterocycles. The molecule has 9 heteroatoms. The van der Waals surface area contributed by atoms with E-state index in [1.807, 2.05) is 18.2 Å². The van der Waals surface area contributed by atoms with Crippen LogP contribution >= 0.6 is 34.0 Å². The summed E-state index contributed by atoms with van der Waals surface area (Å²) in [5.41, 5.74) is 8.89. The van der Waals surface area contributed by atoms with Gasteiger partial charge in [0.2, 0.25) is 0 Å². The number of likely N-dealkylation sites (tertiary alicyclic amines) is 1. The third-order valence-electron chi connectivity index (χ3n) is 8.38. The Kier molecular flexibility index (Phi) is 11.2. The molecule has 206 valence electrons. The summed E-state index contributed by atoms with van der Waals surface area (Å²) in [6.07, 6.45) is 6.91. The molecule has 0 aromatic heterocycles. The van der Waals surface area contributed by atoms with E-state index in [4.69, 9.17) is 10.5 Å². The minimum atomic E-state index is -0.237. The van der Waals surface area contributed by atoms with Crippen molar-refractivity contribution in [3.63, 3.8) is 0 Å². The molecule has 3 aliphatic rings. The lowest BCUT2D eigenvalue weighted by Crippen LogP contribution is -2.51. The Morgan fingerprint density at radius 2 is 1.76 bits per heavy atom. The first-order valence-corrected chi connectivity index (χ1v) is 13.1. The fourth-order valence-electron chi connectivity index (χ4n) is 6.33. The number of nitrogens with two attached hydrogens (primary N) is 1. The number of nitrogens with one attached hydrogen (secondary N) is 1. The SMILES string of the molecule is Br.Br.NC[C@@H]1O[C@H](C2CCN(C3CCNC(CCc4ccc(F)cc4)C3)CC2)Cc2c1ccc(O)c2O. The van der Waals surface area contributed by atoms with E-state index in [1.54, 1.807) is 12.1 Å². The van der Waals surface area contributed by atoms with Gasteiger partial charge in [0.1, 0.15) is 5.82 Å². The van der Waals surface area contributed by atoms with E-state index in [-0.39, 0.29) is 63.5 Å². The summed E-state index contributed by atoms with van der Waals surface area (Å²) in [5.74, 6) is 0.151. The fraction of sp³-hybridized carbons (Fsp3) is 0.571. The Hall–Kier alpha value is -1.23. The van der Waals surface area contributed by atoms with Gasteiger partial charge in [-0.2, -0.15) is 0 Å². The van der Waals surface area contributed by atoms with Gasteiger partial charge in [-0.05, 0) is 93.4 Å². The van der Waals surface area contributed by atoms with Crippen LogP contribution in [0.25, 0.3) is 0 Å². The highest BCUT2D eigenvalue weighted by Gasteiger charge is 2.37. The third kappa shape index (κ3) is 7.05. The Morgan fingerprint density at radius 3 is 2.46 bits per heavy atom. The minimum Gasteiger partial charge on any atom is -0.504 e. The molecule has 0 saturated carbocycles. The standard InChI is InChI=1S/C28H38FN3O3.2BrH/c29-20-4-1-18(2-5-20)3-6-21-15-22(9-12-31-21)32-13-10-19(11-14-32)26-16-24-23(27(17-30)35-26)7-8-25(33)28(24)34;;/h1-2,4-5,7-8,19,21-22,26-27,31,33-34H,3,6,9-17,30H2;2*1H/t21?,22?,26-,27-;;/m0../s1. The summed E-state index contributed by atoms with van der Waals surface area (Å²) < 4.78 is 19.6. The van der Waals surface area contributed by atoms with Crippen molar-refractivity contribution in [2.75, 3.05) is 26.2 Å². The highest BCUT2D eigenvalue weighted by molar-refractivity contribution is 8.93. The number of aromatic hydroxyl groups is 2. The zero-order valence-corrected chi connectivity index (χ0v) is 24.6. The maximum absolute atomic E-state index is 13.2. The Morgan fingerprint density at radius 1 is 1.03 bits per heavy atom. The lowest BCUT2D eigenvalue weighted by molar-refractivity contribution is -0.0680. The zero-order chi connectivity index (χ0) is 24.4. The number of hydrogen-bond donors (Lipinski definition) is 4. The van der Waals surface area contributed by atoms with Gasteiger partial charge in [-0.3, -0.25) is 0 Å². The van der Waals surface area contributed by atoms with Gasteiger partial charge in [0.25, 0.3) is 0 Å². The molecular weight excluding hydrogens is 605 g/mol. The lowest BCUT2D eigenvalue weighted by atomic mass is 9.82. The van der Waals surface area contributed by atoms with Crippen molar-refractivity contribution in [3.8, 4) is 11.5 Å². The van der Waals surface area contributed by atoms with E-state index < -0.39 is 0 Å². The number of benzene rings is 2. The van der Waals surface area contributed by atoms with Crippen LogP contribution in [0.3, 0.4) is 0 Å². The Bertz CT molecular complexity index is 1000. The van der Waals surface area contributed by atoms with E-state index in [0.29, 0.717) is 31.0 Å². The molecule has 37 heavy (non-hydrogen) atoms. The first-order chi connectivity index (χ1) is 17.0. The van der Waals surface area contributed by atoms with E-state index in [9.17, 15) is 14.6 Å². The van der Waals surface area contributed by atoms with Crippen LogP contribution in [0.4, 0.5) is 4.39 Å². The number of phenols is 2. The summed E-state index contributed by atoms with van der Waals surface area (Å²) >= 11 is 0. The highest BCUT2D eigenvalue weighted by Crippen LogP contribution is 2.42. The molecule has 0 spiro atoms. The number of hydrogen-bond acceptors (Lipinski definition) is 6. The molecule has 0 aliphatic carbocycles. The first-order valence-electron chi connectivity index (χ1n) is 13.1. The van der Waals surface area contributed by atoms with Crippen molar-refractivity contribution >= 4 is 34.0 Å². The second kappa shape index (κ2) is 13.7. The van der Waals surface area contributed by atoms with Gasteiger partial charge in [0.05, 0.1) is 12.2 Å². The molecule has 2 aromatic rings. The summed E-state index contributed by atoms with van der Waals surface area (Å²) in [5, 5.41) is 24.1. The number of halogens is 3. The molecule has 3 heterocycles. The molecule has 0 radical (unpaired) electrons. The van der Waals surface area contributed by atoms with Crippen LogP contribution in [0.15, 0.2) is 36.4 Å². The average molecular weight is 645 g/mol. The molecule has 2 saturated heterocycles. The summed E-state index contributed by atoms with van der Waals surface area (Å²) in [6.45, 7) is 3.53. The second-order valence-electron chi connectivity index (χ2n) is 10.5. The Balaban J connectivity index is 0.00000190. The number of aryl methyl sites for hydroxylation is 1. The number of phenolic OH excluding ortho intramolecular Hbond substituents is 2. The van der Waals surface area contributed by atoms with Crippen LogP contribution in [0, 0.1) is 11.7 Å².